The Balaban J connectivity index is 0.00000137. The quantitative estimate of drug-likeness (QED) is 0.833. The van der Waals surface area contributed by atoms with E-state index in [9.17, 15) is 4.79 Å². The molecular formula is C15H25NO2. The summed E-state index contributed by atoms with van der Waals surface area (Å²) in [6.45, 7) is 12.1. The molecule has 0 aliphatic carbocycles. The van der Waals surface area contributed by atoms with Crippen molar-refractivity contribution in [2.45, 2.75) is 33.6 Å². The van der Waals surface area contributed by atoms with Gasteiger partial charge in [0.05, 0.1) is 6.42 Å². The molecule has 102 valence electrons. The first-order chi connectivity index (χ1) is 8.67. The van der Waals surface area contributed by atoms with Crippen molar-refractivity contribution in [1.82, 2.24) is 4.90 Å². The van der Waals surface area contributed by atoms with Gasteiger partial charge in [-0.1, -0.05) is 38.7 Å². The van der Waals surface area contributed by atoms with Crippen LogP contribution in [-0.2, 0) is 4.79 Å². The van der Waals surface area contributed by atoms with Crippen LogP contribution in [0.5, 0.6) is 0 Å². The standard InChI is InChI=1S/C13H19NO2.C2H6/c1-3-5-12-6-8-14(9-7-13(15)16)10-11(12)4-2;1-2/h3-5H,1,6-10H2,2H3,(H,15,16);1-2H3/b11-4-,12-5-;. The number of allylic oxidation sites excluding steroid dienone is 3. The first-order valence-electron chi connectivity index (χ1n) is 6.58. The van der Waals surface area contributed by atoms with Crippen molar-refractivity contribution in [3.8, 4) is 0 Å². The maximum absolute atomic E-state index is 10.5. The molecule has 0 aromatic carbocycles. The Labute approximate surface area is 110 Å². The molecule has 18 heavy (non-hydrogen) atoms. The average Bonchev–Trinajstić information content (AvgIpc) is 2.40. The summed E-state index contributed by atoms with van der Waals surface area (Å²) in [4.78, 5) is 12.7. The Kier molecular flexibility index (Phi) is 8.93. The van der Waals surface area contributed by atoms with Crippen LogP contribution in [0.15, 0.2) is 36.0 Å². The monoisotopic (exact) mass is 251 g/mol. The molecule has 1 aliphatic heterocycles. The van der Waals surface area contributed by atoms with E-state index in [0.29, 0.717) is 6.54 Å². The summed E-state index contributed by atoms with van der Waals surface area (Å²) >= 11 is 0. The summed E-state index contributed by atoms with van der Waals surface area (Å²) < 4.78 is 0. The fraction of sp³-hybridized carbons (Fsp3) is 0.533. The van der Waals surface area contributed by atoms with E-state index < -0.39 is 5.97 Å². The van der Waals surface area contributed by atoms with E-state index in [1.807, 2.05) is 32.9 Å². The minimum atomic E-state index is -0.727. The molecule has 3 nitrogen and oxygen atoms in total. The van der Waals surface area contributed by atoms with Crippen LogP contribution in [0.1, 0.15) is 33.6 Å². The summed E-state index contributed by atoms with van der Waals surface area (Å²) in [7, 11) is 0. The zero-order chi connectivity index (χ0) is 14.0. The summed E-state index contributed by atoms with van der Waals surface area (Å²) in [5, 5.41) is 8.64. The Bertz CT molecular complexity index is 329. The molecule has 1 N–H and O–H groups in total. The van der Waals surface area contributed by atoms with Crippen LogP contribution in [0, 0.1) is 0 Å². The molecule has 0 saturated carbocycles. The third-order valence-electron chi connectivity index (χ3n) is 2.81. The summed E-state index contributed by atoms with van der Waals surface area (Å²) in [6.07, 6.45) is 7.15. The number of rotatable bonds is 4. The third kappa shape index (κ3) is 5.82. The largest absolute Gasteiger partial charge is 0.481 e. The second-order valence-electron chi connectivity index (χ2n) is 3.91. The molecule has 3 heteroatoms. The average molecular weight is 251 g/mol. The first kappa shape index (κ1) is 16.6. The van der Waals surface area contributed by atoms with Gasteiger partial charge < -0.3 is 5.11 Å². The molecule has 0 spiro atoms. The number of aliphatic carboxylic acids is 1. The van der Waals surface area contributed by atoms with E-state index in [2.05, 4.69) is 17.6 Å². The Morgan fingerprint density at radius 1 is 1.44 bits per heavy atom. The minimum absolute atomic E-state index is 0.220. The number of carboxylic acid groups (broad SMARTS) is 1. The normalized spacial score (nSPS) is 20.4. The highest BCUT2D eigenvalue weighted by molar-refractivity contribution is 5.66. The molecule has 0 aromatic rings. The van der Waals surface area contributed by atoms with Crippen molar-refractivity contribution in [2.75, 3.05) is 19.6 Å². The van der Waals surface area contributed by atoms with E-state index in [4.69, 9.17) is 5.11 Å². The fourth-order valence-electron chi connectivity index (χ4n) is 1.91. The van der Waals surface area contributed by atoms with Gasteiger partial charge in [0, 0.05) is 19.6 Å². The highest BCUT2D eigenvalue weighted by Gasteiger charge is 2.17. The van der Waals surface area contributed by atoms with E-state index in [-0.39, 0.29) is 6.42 Å². The highest BCUT2D eigenvalue weighted by Crippen LogP contribution is 2.22. The smallest absolute Gasteiger partial charge is 0.304 e. The lowest BCUT2D eigenvalue weighted by molar-refractivity contribution is -0.137. The molecule has 1 rings (SSSR count). The van der Waals surface area contributed by atoms with E-state index in [1.54, 1.807) is 0 Å². The zero-order valence-electron chi connectivity index (χ0n) is 11.8. The van der Waals surface area contributed by atoms with Gasteiger partial charge in [-0.2, -0.15) is 0 Å². The van der Waals surface area contributed by atoms with Gasteiger partial charge in [-0.3, -0.25) is 9.69 Å². The lowest BCUT2D eigenvalue weighted by Gasteiger charge is -2.30. The highest BCUT2D eigenvalue weighted by atomic mass is 16.4. The molecule has 1 saturated heterocycles. The van der Waals surface area contributed by atoms with Crippen molar-refractivity contribution in [2.24, 2.45) is 0 Å². The molecule has 1 heterocycles. The van der Waals surface area contributed by atoms with E-state index >= 15 is 0 Å². The molecule has 0 aromatic heterocycles. The molecule has 1 fully saturated rings. The Morgan fingerprint density at radius 3 is 2.61 bits per heavy atom. The summed E-state index contributed by atoms with van der Waals surface area (Å²) in [5.74, 6) is -0.727. The van der Waals surface area contributed by atoms with Crippen molar-refractivity contribution in [1.29, 1.82) is 0 Å². The zero-order valence-corrected chi connectivity index (χ0v) is 11.8. The molecular weight excluding hydrogens is 226 g/mol. The number of hydrogen-bond acceptors (Lipinski definition) is 2. The minimum Gasteiger partial charge on any atom is -0.481 e. The lowest BCUT2D eigenvalue weighted by atomic mass is 9.97. The molecule has 0 bridgehead atoms. The van der Waals surface area contributed by atoms with Crippen LogP contribution >= 0.6 is 0 Å². The van der Waals surface area contributed by atoms with Crippen molar-refractivity contribution >= 4 is 5.97 Å². The van der Waals surface area contributed by atoms with Gasteiger partial charge in [-0.25, -0.2) is 0 Å². The molecule has 0 radical (unpaired) electrons. The molecule has 0 amide bonds. The van der Waals surface area contributed by atoms with Gasteiger partial charge in [0.15, 0.2) is 0 Å². The third-order valence-corrected chi connectivity index (χ3v) is 2.81. The number of nitrogens with zero attached hydrogens (tertiary/aromatic N) is 1. The van der Waals surface area contributed by atoms with Crippen molar-refractivity contribution < 1.29 is 9.90 Å². The van der Waals surface area contributed by atoms with Crippen LogP contribution < -0.4 is 0 Å². The second kappa shape index (κ2) is 9.66. The van der Waals surface area contributed by atoms with Crippen molar-refractivity contribution in [3.05, 3.63) is 36.0 Å². The van der Waals surface area contributed by atoms with Gasteiger partial charge >= 0.3 is 5.97 Å². The van der Waals surface area contributed by atoms with Crippen LogP contribution in [0.25, 0.3) is 0 Å². The van der Waals surface area contributed by atoms with Crippen molar-refractivity contribution in [3.63, 3.8) is 0 Å². The van der Waals surface area contributed by atoms with Gasteiger partial charge in [-0.15, -0.1) is 0 Å². The van der Waals surface area contributed by atoms with Gasteiger partial charge in [0.25, 0.3) is 0 Å². The molecule has 0 atom stereocenters. The summed E-state index contributed by atoms with van der Waals surface area (Å²) in [5.41, 5.74) is 2.61. The predicted octanol–water partition coefficient (Wildman–Crippen LogP) is 3.25. The maximum Gasteiger partial charge on any atom is 0.304 e. The van der Waals surface area contributed by atoms with Gasteiger partial charge in [-0.05, 0) is 24.5 Å². The Morgan fingerprint density at radius 2 is 2.11 bits per heavy atom. The SMILES string of the molecule is C=C/C=C1/CCN(CCC(=O)O)C/C1=C/C.CC. The number of likely N-dealkylation sites (tertiary alicyclic amines) is 1. The molecule has 0 unspecified atom stereocenters. The van der Waals surface area contributed by atoms with E-state index in [0.717, 1.165) is 19.5 Å². The number of carbonyl (C=O) groups is 1. The lowest BCUT2D eigenvalue weighted by Crippen LogP contribution is -2.34. The van der Waals surface area contributed by atoms with Gasteiger partial charge in [0.1, 0.15) is 0 Å². The van der Waals surface area contributed by atoms with Crippen LogP contribution in [-0.4, -0.2) is 35.6 Å². The maximum atomic E-state index is 10.5. The predicted molar refractivity (Wildman–Crippen MR) is 76.7 cm³/mol. The topological polar surface area (TPSA) is 40.5 Å². The fourth-order valence-corrected chi connectivity index (χ4v) is 1.91. The molecule has 1 aliphatic rings. The Hall–Kier alpha value is -1.35. The van der Waals surface area contributed by atoms with Gasteiger partial charge in [0.2, 0.25) is 0 Å². The second-order valence-corrected chi connectivity index (χ2v) is 3.91. The number of carboxylic acids is 1. The number of piperidine rings is 1. The first-order valence-corrected chi connectivity index (χ1v) is 6.58. The van der Waals surface area contributed by atoms with Crippen LogP contribution in [0.2, 0.25) is 0 Å². The summed E-state index contributed by atoms with van der Waals surface area (Å²) in [6, 6.07) is 0. The number of hydrogen-bond donors (Lipinski definition) is 1. The van der Waals surface area contributed by atoms with Crippen LogP contribution in [0.3, 0.4) is 0 Å². The van der Waals surface area contributed by atoms with E-state index in [1.165, 1.54) is 11.1 Å². The van der Waals surface area contributed by atoms with Crippen LogP contribution in [0.4, 0.5) is 0 Å².